The van der Waals surface area contributed by atoms with E-state index >= 15 is 0 Å². The molecule has 5 nitrogen and oxygen atoms in total. The number of carbonyl (C=O) groups excluding carboxylic acids is 1. The highest BCUT2D eigenvalue weighted by Gasteiger charge is 2.67. The highest BCUT2D eigenvalue weighted by molar-refractivity contribution is 6.45. The number of carbonyl (C=O) groups is 1. The molecular formula is C22H31BO5. The summed E-state index contributed by atoms with van der Waals surface area (Å²) in [6, 6.07) is 5.56. The molecule has 1 heterocycles. The first-order chi connectivity index (χ1) is 13.2. The van der Waals surface area contributed by atoms with Gasteiger partial charge in [0, 0.05) is 6.32 Å². The molecule has 3 aliphatic carbocycles. The van der Waals surface area contributed by atoms with Crippen LogP contribution in [-0.4, -0.2) is 38.0 Å². The van der Waals surface area contributed by atoms with Gasteiger partial charge in [-0.05, 0) is 62.5 Å². The van der Waals surface area contributed by atoms with E-state index in [0.29, 0.717) is 29.0 Å². The number of rotatable bonds is 5. The second-order valence-corrected chi connectivity index (χ2v) is 9.55. The van der Waals surface area contributed by atoms with Gasteiger partial charge in [-0.15, -0.1) is 0 Å². The molecule has 6 heteroatoms. The second-order valence-electron chi connectivity index (χ2n) is 9.55. The van der Waals surface area contributed by atoms with Crippen LogP contribution >= 0.6 is 0 Å². The van der Waals surface area contributed by atoms with E-state index in [1.807, 2.05) is 26.0 Å². The smallest absolute Gasteiger partial charge is 0.462 e. The van der Waals surface area contributed by atoms with Gasteiger partial charge in [-0.1, -0.05) is 26.0 Å². The number of benzene rings is 1. The van der Waals surface area contributed by atoms with Gasteiger partial charge in [-0.2, -0.15) is 0 Å². The average molecular weight is 386 g/mol. The Morgan fingerprint density at radius 3 is 2.68 bits per heavy atom. The molecule has 0 radical (unpaired) electrons. The molecule has 0 aromatic heterocycles. The highest BCUT2D eigenvalue weighted by Crippen LogP contribution is 2.65. The fraction of sp³-hybridized carbons (Fsp3) is 0.682. The Balaban J connectivity index is 1.54. The summed E-state index contributed by atoms with van der Waals surface area (Å²) in [4.78, 5) is 12.4. The van der Waals surface area contributed by atoms with E-state index in [0.717, 1.165) is 17.9 Å². The fourth-order valence-electron chi connectivity index (χ4n) is 5.64. The lowest BCUT2D eigenvalue weighted by Gasteiger charge is -2.64. The third kappa shape index (κ3) is 2.96. The normalized spacial score (nSPS) is 32.7. The molecule has 4 atom stereocenters. The molecule has 5 rings (SSSR count). The van der Waals surface area contributed by atoms with Gasteiger partial charge in [0.15, 0.2) is 0 Å². The molecule has 0 spiro atoms. The van der Waals surface area contributed by atoms with Crippen LogP contribution in [0.15, 0.2) is 18.2 Å². The van der Waals surface area contributed by atoms with Crippen LogP contribution in [0.5, 0.6) is 5.75 Å². The van der Waals surface area contributed by atoms with E-state index in [9.17, 15) is 4.79 Å². The Labute approximate surface area is 168 Å². The predicted octanol–water partition coefficient (Wildman–Crippen LogP) is 4.07. The van der Waals surface area contributed by atoms with E-state index in [1.54, 1.807) is 13.2 Å². The summed E-state index contributed by atoms with van der Waals surface area (Å²) in [6.45, 7) is 10.6. The molecule has 1 aliphatic heterocycles. The maximum absolute atomic E-state index is 12.4. The maximum atomic E-state index is 12.4. The van der Waals surface area contributed by atoms with Crippen LogP contribution in [0.25, 0.3) is 0 Å². The molecule has 1 saturated heterocycles. The van der Waals surface area contributed by atoms with Crippen molar-refractivity contribution in [2.24, 2.45) is 17.3 Å². The van der Waals surface area contributed by atoms with Crippen molar-refractivity contribution in [3.05, 3.63) is 29.3 Å². The summed E-state index contributed by atoms with van der Waals surface area (Å²) in [5.41, 5.74) is 1.43. The Hall–Kier alpha value is -1.53. The molecule has 4 fully saturated rings. The highest BCUT2D eigenvalue weighted by atomic mass is 16.7. The molecule has 1 aromatic carbocycles. The first kappa shape index (κ1) is 19.8. The molecule has 0 amide bonds. The van der Waals surface area contributed by atoms with E-state index in [-0.39, 0.29) is 30.9 Å². The molecule has 0 N–H and O–H groups in total. The lowest BCUT2D eigenvalue weighted by molar-refractivity contribution is -0.199. The van der Waals surface area contributed by atoms with Gasteiger partial charge in [-0.25, -0.2) is 4.79 Å². The Morgan fingerprint density at radius 1 is 1.29 bits per heavy atom. The number of ether oxygens (including phenoxy) is 2. The number of para-hydroxylation sites is 1. The first-order valence-corrected chi connectivity index (χ1v) is 10.4. The van der Waals surface area contributed by atoms with Crippen LogP contribution in [0.4, 0.5) is 0 Å². The first-order valence-electron chi connectivity index (χ1n) is 10.4. The zero-order chi connectivity index (χ0) is 20.3. The second kappa shape index (κ2) is 6.77. The molecule has 3 saturated carbocycles. The molecular weight excluding hydrogens is 355 g/mol. The van der Waals surface area contributed by atoms with Crippen molar-refractivity contribution < 1.29 is 23.6 Å². The van der Waals surface area contributed by atoms with Crippen LogP contribution in [0, 0.1) is 17.3 Å². The monoisotopic (exact) mass is 386 g/mol. The van der Waals surface area contributed by atoms with Gasteiger partial charge in [0.25, 0.3) is 0 Å². The molecule has 152 valence electrons. The SMILES string of the molecule is COc1c(CB2OC3CC4CC(C4(C)C)C3(C)O2)cccc1C(=O)OC(C)C. The summed E-state index contributed by atoms with van der Waals surface area (Å²) in [7, 11) is 1.26. The van der Waals surface area contributed by atoms with Crippen LogP contribution in [0.2, 0.25) is 0 Å². The van der Waals surface area contributed by atoms with Crippen LogP contribution in [0.1, 0.15) is 63.4 Å². The van der Waals surface area contributed by atoms with Gasteiger partial charge in [-0.3, -0.25) is 0 Å². The number of hydrogen-bond donors (Lipinski definition) is 0. The summed E-state index contributed by atoms with van der Waals surface area (Å²) in [5.74, 6) is 1.43. The molecule has 4 unspecified atom stereocenters. The lowest BCUT2D eigenvalue weighted by atomic mass is 9.43. The minimum absolute atomic E-state index is 0.148. The molecule has 2 bridgehead atoms. The zero-order valence-corrected chi connectivity index (χ0v) is 17.8. The number of methoxy groups -OCH3 is 1. The number of esters is 1. The maximum Gasteiger partial charge on any atom is 0.462 e. The van der Waals surface area contributed by atoms with Gasteiger partial charge >= 0.3 is 13.1 Å². The zero-order valence-electron chi connectivity index (χ0n) is 17.8. The third-order valence-corrected chi connectivity index (χ3v) is 7.25. The third-order valence-electron chi connectivity index (χ3n) is 7.25. The summed E-state index contributed by atoms with van der Waals surface area (Å²) in [5, 5.41) is 0. The largest absolute Gasteiger partial charge is 0.496 e. The summed E-state index contributed by atoms with van der Waals surface area (Å²) >= 11 is 0. The van der Waals surface area contributed by atoms with Gasteiger partial charge in [0.1, 0.15) is 11.3 Å². The minimum Gasteiger partial charge on any atom is -0.496 e. The fourth-order valence-corrected chi connectivity index (χ4v) is 5.64. The minimum atomic E-state index is -0.370. The van der Waals surface area contributed by atoms with Crippen LogP contribution in [0.3, 0.4) is 0 Å². The molecule has 1 aromatic rings. The average Bonchev–Trinajstić information content (AvgIpc) is 2.96. The van der Waals surface area contributed by atoms with Crippen molar-refractivity contribution in [1.29, 1.82) is 0 Å². The van der Waals surface area contributed by atoms with Gasteiger partial charge in [0.2, 0.25) is 0 Å². The Morgan fingerprint density at radius 2 is 2.04 bits per heavy atom. The van der Waals surface area contributed by atoms with Crippen molar-refractivity contribution in [1.82, 2.24) is 0 Å². The molecule has 28 heavy (non-hydrogen) atoms. The van der Waals surface area contributed by atoms with Crippen molar-refractivity contribution in [3.63, 3.8) is 0 Å². The lowest BCUT2D eigenvalue weighted by Crippen LogP contribution is -2.65. The van der Waals surface area contributed by atoms with Gasteiger partial charge in [0.05, 0.1) is 24.9 Å². The summed E-state index contributed by atoms with van der Waals surface area (Å²) < 4.78 is 23.8. The molecule has 4 aliphatic rings. The number of hydrogen-bond acceptors (Lipinski definition) is 5. The van der Waals surface area contributed by atoms with E-state index in [4.69, 9.17) is 18.8 Å². The van der Waals surface area contributed by atoms with E-state index in [2.05, 4.69) is 20.8 Å². The predicted molar refractivity (Wildman–Crippen MR) is 107 cm³/mol. The standard InChI is InChI=1S/C22H31BO5/c1-13(2)26-20(24)16-9-7-8-14(19(16)25-6)12-23-27-18-11-15-10-17(21(15,3)4)22(18,5)28-23/h7-9,13,15,17-18H,10-12H2,1-6H3. The Bertz CT molecular complexity index is 776. The van der Waals surface area contributed by atoms with E-state index < -0.39 is 0 Å². The quantitative estimate of drug-likeness (QED) is 0.564. The van der Waals surface area contributed by atoms with Crippen LogP contribution < -0.4 is 4.74 Å². The van der Waals surface area contributed by atoms with Crippen LogP contribution in [-0.2, 0) is 20.4 Å². The van der Waals surface area contributed by atoms with Crippen molar-refractivity contribution in [2.75, 3.05) is 7.11 Å². The van der Waals surface area contributed by atoms with Crippen molar-refractivity contribution in [2.45, 2.75) is 71.6 Å². The van der Waals surface area contributed by atoms with Crippen molar-refractivity contribution >= 4 is 13.1 Å². The van der Waals surface area contributed by atoms with E-state index in [1.165, 1.54) is 6.42 Å². The van der Waals surface area contributed by atoms with Crippen molar-refractivity contribution in [3.8, 4) is 5.75 Å². The summed E-state index contributed by atoms with van der Waals surface area (Å²) in [6.07, 6.45) is 2.81. The Kier molecular flexibility index (Phi) is 4.78. The topological polar surface area (TPSA) is 54.0 Å². The van der Waals surface area contributed by atoms with Gasteiger partial charge < -0.3 is 18.8 Å².